The van der Waals surface area contributed by atoms with Crippen LogP contribution in [0.1, 0.15) is 13.3 Å². The second-order valence-corrected chi connectivity index (χ2v) is 4.03. The van der Waals surface area contributed by atoms with Gasteiger partial charge in [0, 0.05) is 4.90 Å². The molecule has 0 aromatic heterocycles. The van der Waals surface area contributed by atoms with E-state index in [0.717, 1.165) is 10.6 Å². The number of thioether (sulfide) groups is 1. The molecule has 1 rings (SSSR count). The molecular formula is C11H14O3S. The van der Waals surface area contributed by atoms with Crippen molar-refractivity contribution in [2.75, 3.05) is 6.26 Å². The topological polar surface area (TPSA) is 46.5 Å². The van der Waals surface area contributed by atoms with Crippen LogP contribution in [0.3, 0.4) is 0 Å². The van der Waals surface area contributed by atoms with Crippen molar-refractivity contribution < 1.29 is 14.6 Å². The van der Waals surface area contributed by atoms with Gasteiger partial charge in [0.1, 0.15) is 11.9 Å². The van der Waals surface area contributed by atoms with Gasteiger partial charge in [0.15, 0.2) is 0 Å². The second kappa shape index (κ2) is 5.66. The molecule has 1 aromatic rings. The fourth-order valence-electron chi connectivity index (χ4n) is 1.22. The van der Waals surface area contributed by atoms with E-state index < -0.39 is 5.97 Å². The first-order valence-electron chi connectivity index (χ1n) is 4.65. The zero-order chi connectivity index (χ0) is 11.3. The molecule has 3 nitrogen and oxygen atoms in total. The molecule has 4 heteroatoms. The van der Waals surface area contributed by atoms with Gasteiger partial charge in [0.25, 0.3) is 0 Å². The molecule has 0 amide bonds. The second-order valence-electron chi connectivity index (χ2n) is 3.18. The van der Waals surface area contributed by atoms with Crippen molar-refractivity contribution in [1.82, 2.24) is 0 Å². The summed E-state index contributed by atoms with van der Waals surface area (Å²) in [5.74, 6) is -0.0946. The molecule has 0 aliphatic heterocycles. The van der Waals surface area contributed by atoms with Gasteiger partial charge < -0.3 is 9.84 Å². The van der Waals surface area contributed by atoms with E-state index in [0.29, 0.717) is 0 Å². The standard InChI is InChI=1S/C11H14O3S/c1-8(7-11(12)13)14-9-5-3-4-6-10(9)15-2/h3-6,8H,7H2,1-2H3,(H,12,13)/t8-/m0/s1. The van der Waals surface area contributed by atoms with Crippen molar-refractivity contribution in [1.29, 1.82) is 0 Å². The Balaban J connectivity index is 2.67. The lowest BCUT2D eigenvalue weighted by Gasteiger charge is -2.14. The Morgan fingerprint density at radius 2 is 2.20 bits per heavy atom. The first-order valence-corrected chi connectivity index (χ1v) is 5.87. The number of hydrogen-bond acceptors (Lipinski definition) is 3. The van der Waals surface area contributed by atoms with Crippen molar-refractivity contribution in [2.24, 2.45) is 0 Å². The summed E-state index contributed by atoms with van der Waals surface area (Å²) in [6.45, 7) is 1.76. The van der Waals surface area contributed by atoms with E-state index in [4.69, 9.17) is 9.84 Å². The Hall–Kier alpha value is -1.16. The molecular weight excluding hydrogens is 212 g/mol. The predicted molar refractivity (Wildman–Crippen MR) is 60.6 cm³/mol. The average molecular weight is 226 g/mol. The van der Waals surface area contributed by atoms with E-state index >= 15 is 0 Å². The summed E-state index contributed by atoms with van der Waals surface area (Å²) < 4.78 is 5.55. The fourth-order valence-corrected chi connectivity index (χ4v) is 1.75. The van der Waals surface area contributed by atoms with Crippen LogP contribution in [0.2, 0.25) is 0 Å². The summed E-state index contributed by atoms with van der Waals surface area (Å²) in [5.41, 5.74) is 0. The summed E-state index contributed by atoms with van der Waals surface area (Å²) in [7, 11) is 0. The minimum Gasteiger partial charge on any atom is -0.489 e. The Kier molecular flexibility index (Phi) is 4.49. The lowest BCUT2D eigenvalue weighted by atomic mass is 10.3. The van der Waals surface area contributed by atoms with Crippen LogP contribution in [0, 0.1) is 0 Å². The third kappa shape index (κ3) is 3.83. The van der Waals surface area contributed by atoms with Gasteiger partial charge in [-0.1, -0.05) is 12.1 Å². The Labute approximate surface area is 93.4 Å². The van der Waals surface area contributed by atoms with E-state index in [1.807, 2.05) is 30.5 Å². The third-order valence-corrected chi connectivity index (χ3v) is 2.64. The van der Waals surface area contributed by atoms with Gasteiger partial charge in [0.05, 0.1) is 6.42 Å². The quantitative estimate of drug-likeness (QED) is 0.784. The summed E-state index contributed by atoms with van der Waals surface area (Å²) in [6.07, 6.45) is 1.67. The van der Waals surface area contributed by atoms with Crippen LogP contribution in [0.4, 0.5) is 0 Å². The van der Waals surface area contributed by atoms with Gasteiger partial charge in [0.2, 0.25) is 0 Å². The molecule has 82 valence electrons. The SMILES string of the molecule is CSc1ccccc1O[C@@H](C)CC(=O)O. The van der Waals surface area contributed by atoms with Gasteiger partial charge >= 0.3 is 5.97 Å². The number of carbonyl (C=O) groups is 1. The molecule has 15 heavy (non-hydrogen) atoms. The van der Waals surface area contributed by atoms with Gasteiger partial charge in [-0.05, 0) is 25.3 Å². The van der Waals surface area contributed by atoms with Crippen LogP contribution in [0.25, 0.3) is 0 Å². The van der Waals surface area contributed by atoms with Crippen LogP contribution in [-0.2, 0) is 4.79 Å². The molecule has 0 spiro atoms. The number of aliphatic carboxylic acids is 1. The molecule has 0 bridgehead atoms. The zero-order valence-electron chi connectivity index (χ0n) is 8.77. The summed E-state index contributed by atoms with van der Waals surface area (Å²) in [4.78, 5) is 11.5. The van der Waals surface area contributed by atoms with Crippen LogP contribution in [0.5, 0.6) is 5.75 Å². The molecule has 0 saturated carbocycles. The van der Waals surface area contributed by atoms with Crippen molar-refractivity contribution in [3.63, 3.8) is 0 Å². The van der Waals surface area contributed by atoms with Crippen LogP contribution >= 0.6 is 11.8 Å². The summed E-state index contributed by atoms with van der Waals surface area (Å²) in [6, 6.07) is 7.61. The number of benzene rings is 1. The lowest BCUT2D eigenvalue weighted by molar-refractivity contribution is -0.138. The molecule has 0 fully saturated rings. The number of hydrogen-bond donors (Lipinski definition) is 1. The van der Waals surface area contributed by atoms with Crippen LogP contribution in [0.15, 0.2) is 29.2 Å². The fraction of sp³-hybridized carbons (Fsp3) is 0.364. The molecule has 0 unspecified atom stereocenters. The molecule has 0 saturated heterocycles. The normalized spacial score (nSPS) is 12.1. The van der Waals surface area contributed by atoms with Crippen molar-refractivity contribution in [2.45, 2.75) is 24.3 Å². The minimum atomic E-state index is -0.843. The van der Waals surface area contributed by atoms with E-state index in [9.17, 15) is 4.79 Å². The van der Waals surface area contributed by atoms with Crippen molar-refractivity contribution >= 4 is 17.7 Å². The van der Waals surface area contributed by atoms with Crippen molar-refractivity contribution in [3.8, 4) is 5.75 Å². The van der Waals surface area contributed by atoms with Gasteiger partial charge in [-0.25, -0.2) is 0 Å². The highest BCUT2D eigenvalue weighted by Crippen LogP contribution is 2.27. The van der Waals surface area contributed by atoms with Crippen molar-refractivity contribution in [3.05, 3.63) is 24.3 Å². The lowest BCUT2D eigenvalue weighted by Crippen LogP contribution is -2.16. The first-order chi connectivity index (χ1) is 7.13. The van der Waals surface area contributed by atoms with E-state index in [-0.39, 0.29) is 12.5 Å². The maximum absolute atomic E-state index is 10.5. The van der Waals surface area contributed by atoms with E-state index in [1.165, 1.54) is 0 Å². The Bertz CT molecular complexity index is 338. The molecule has 0 heterocycles. The molecule has 1 aromatic carbocycles. The highest BCUT2D eigenvalue weighted by Gasteiger charge is 2.10. The smallest absolute Gasteiger partial charge is 0.307 e. The minimum absolute atomic E-state index is 0.0166. The van der Waals surface area contributed by atoms with E-state index in [1.54, 1.807) is 18.7 Å². The number of para-hydroxylation sites is 1. The number of carboxylic acid groups (broad SMARTS) is 1. The molecule has 1 atom stereocenters. The molecule has 0 aliphatic rings. The van der Waals surface area contributed by atoms with Crippen LogP contribution < -0.4 is 4.74 Å². The van der Waals surface area contributed by atoms with Gasteiger partial charge in [-0.2, -0.15) is 0 Å². The molecule has 0 aliphatic carbocycles. The predicted octanol–water partition coefficient (Wildman–Crippen LogP) is 2.65. The average Bonchev–Trinajstić information content (AvgIpc) is 2.17. The van der Waals surface area contributed by atoms with E-state index in [2.05, 4.69) is 0 Å². The molecule has 0 radical (unpaired) electrons. The maximum atomic E-state index is 10.5. The Morgan fingerprint density at radius 1 is 1.53 bits per heavy atom. The maximum Gasteiger partial charge on any atom is 0.307 e. The summed E-state index contributed by atoms with van der Waals surface area (Å²) >= 11 is 1.58. The van der Waals surface area contributed by atoms with Gasteiger partial charge in [-0.3, -0.25) is 4.79 Å². The van der Waals surface area contributed by atoms with Gasteiger partial charge in [-0.15, -0.1) is 11.8 Å². The number of ether oxygens (including phenoxy) is 1. The first kappa shape index (κ1) is 11.9. The number of rotatable bonds is 5. The summed E-state index contributed by atoms with van der Waals surface area (Å²) in [5, 5.41) is 8.60. The highest BCUT2D eigenvalue weighted by molar-refractivity contribution is 7.98. The number of carboxylic acids is 1. The third-order valence-electron chi connectivity index (χ3n) is 1.86. The highest BCUT2D eigenvalue weighted by atomic mass is 32.2. The monoisotopic (exact) mass is 226 g/mol. The van der Waals surface area contributed by atoms with Crippen LogP contribution in [-0.4, -0.2) is 23.4 Å². The zero-order valence-corrected chi connectivity index (χ0v) is 9.58. The largest absolute Gasteiger partial charge is 0.489 e. The molecule has 1 N–H and O–H groups in total. The Morgan fingerprint density at radius 3 is 2.80 bits per heavy atom.